The molecule has 1 aromatic carbocycles. The van der Waals surface area contributed by atoms with E-state index in [-0.39, 0.29) is 12.1 Å². The molecule has 1 aliphatic rings. The molecule has 2 heterocycles. The first kappa shape index (κ1) is 13.6. The number of carbonyl (C=O) groups excluding carboxylic acids is 1. The molecule has 1 fully saturated rings. The number of amides is 2. The zero-order valence-corrected chi connectivity index (χ0v) is 11.5. The summed E-state index contributed by atoms with van der Waals surface area (Å²) in [6.07, 6.45) is 5.29. The highest BCUT2D eigenvalue weighted by Crippen LogP contribution is 2.14. The lowest BCUT2D eigenvalue weighted by molar-refractivity contribution is 0.0739. The van der Waals surface area contributed by atoms with E-state index < -0.39 is 0 Å². The molecule has 110 valence electrons. The van der Waals surface area contributed by atoms with Crippen molar-refractivity contribution in [3.8, 4) is 5.69 Å². The molecule has 1 unspecified atom stereocenters. The minimum absolute atomic E-state index is 0.0808. The Bertz CT molecular complexity index is 593. The molecule has 0 aliphatic carbocycles. The molecule has 0 bridgehead atoms. The fourth-order valence-corrected chi connectivity index (χ4v) is 2.28. The molecule has 1 saturated heterocycles. The summed E-state index contributed by atoms with van der Waals surface area (Å²) in [4.78, 5) is 12.0. The van der Waals surface area contributed by atoms with Gasteiger partial charge in [-0.25, -0.2) is 9.48 Å². The number of benzene rings is 1. The Morgan fingerprint density at radius 3 is 3.14 bits per heavy atom. The summed E-state index contributed by atoms with van der Waals surface area (Å²) < 4.78 is 6.98. The monoisotopic (exact) mass is 287 g/mol. The van der Waals surface area contributed by atoms with Crippen LogP contribution >= 0.6 is 0 Å². The molecule has 3 rings (SSSR count). The van der Waals surface area contributed by atoms with Gasteiger partial charge in [0.05, 0.1) is 30.7 Å². The third kappa shape index (κ3) is 3.57. The molecule has 0 spiro atoms. The van der Waals surface area contributed by atoms with Gasteiger partial charge in [0.2, 0.25) is 0 Å². The van der Waals surface area contributed by atoms with E-state index in [1.807, 2.05) is 24.3 Å². The van der Waals surface area contributed by atoms with E-state index in [0.29, 0.717) is 12.3 Å². The van der Waals surface area contributed by atoms with Gasteiger partial charge in [0.25, 0.3) is 0 Å². The van der Waals surface area contributed by atoms with Gasteiger partial charge in [0.1, 0.15) is 0 Å². The van der Waals surface area contributed by atoms with Gasteiger partial charge in [0.15, 0.2) is 0 Å². The molecule has 2 aromatic rings. The van der Waals surface area contributed by atoms with Crippen LogP contribution < -0.4 is 10.6 Å². The van der Waals surface area contributed by atoms with Crippen molar-refractivity contribution < 1.29 is 9.53 Å². The molecule has 1 aromatic heterocycles. The number of rotatable bonds is 3. The van der Waals surface area contributed by atoms with Gasteiger partial charge in [-0.1, -0.05) is 11.3 Å². The van der Waals surface area contributed by atoms with Crippen LogP contribution in [0.5, 0.6) is 0 Å². The molecular formula is C14H17N5O2. The Labute approximate surface area is 122 Å². The van der Waals surface area contributed by atoms with E-state index in [2.05, 4.69) is 20.9 Å². The number of aromatic nitrogens is 3. The van der Waals surface area contributed by atoms with Gasteiger partial charge in [-0.3, -0.25) is 0 Å². The third-order valence-corrected chi connectivity index (χ3v) is 3.29. The van der Waals surface area contributed by atoms with E-state index in [1.165, 1.54) is 0 Å². The van der Waals surface area contributed by atoms with Crippen molar-refractivity contribution >= 4 is 11.7 Å². The van der Waals surface area contributed by atoms with Crippen LogP contribution in [0.3, 0.4) is 0 Å². The minimum Gasteiger partial charge on any atom is -0.379 e. The highest BCUT2D eigenvalue weighted by atomic mass is 16.5. The smallest absolute Gasteiger partial charge is 0.319 e. The lowest BCUT2D eigenvalue weighted by atomic mass is 10.1. The first-order valence-electron chi connectivity index (χ1n) is 6.93. The average molecular weight is 287 g/mol. The quantitative estimate of drug-likeness (QED) is 0.898. The Hall–Kier alpha value is -2.41. The van der Waals surface area contributed by atoms with Crippen LogP contribution in [0.4, 0.5) is 10.5 Å². The number of urea groups is 1. The van der Waals surface area contributed by atoms with Crippen LogP contribution in [0.2, 0.25) is 0 Å². The second-order valence-electron chi connectivity index (χ2n) is 4.91. The van der Waals surface area contributed by atoms with E-state index in [0.717, 1.165) is 25.1 Å². The number of hydrogen-bond donors (Lipinski definition) is 2. The summed E-state index contributed by atoms with van der Waals surface area (Å²) in [5, 5.41) is 13.4. The lowest BCUT2D eigenvalue weighted by Gasteiger charge is -2.23. The van der Waals surface area contributed by atoms with Gasteiger partial charge in [-0.05, 0) is 31.0 Å². The summed E-state index contributed by atoms with van der Waals surface area (Å²) in [5.74, 6) is 0. The van der Waals surface area contributed by atoms with Crippen LogP contribution in [0.1, 0.15) is 12.8 Å². The fourth-order valence-electron chi connectivity index (χ4n) is 2.28. The molecule has 7 nitrogen and oxygen atoms in total. The van der Waals surface area contributed by atoms with Gasteiger partial charge in [-0.2, -0.15) is 0 Å². The van der Waals surface area contributed by atoms with Crippen LogP contribution in [0, 0.1) is 0 Å². The zero-order chi connectivity index (χ0) is 14.5. The Morgan fingerprint density at radius 2 is 2.38 bits per heavy atom. The Morgan fingerprint density at radius 1 is 1.43 bits per heavy atom. The highest BCUT2D eigenvalue weighted by molar-refractivity contribution is 5.89. The molecule has 21 heavy (non-hydrogen) atoms. The normalized spacial score (nSPS) is 18.2. The summed E-state index contributed by atoms with van der Waals surface area (Å²) in [6.45, 7) is 1.35. The SMILES string of the molecule is O=C(Nc1cccc(-n2ccnn2)c1)NC1CCCOC1. The Balaban J connectivity index is 1.62. The summed E-state index contributed by atoms with van der Waals surface area (Å²) in [5.41, 5.74) is 1.54. The molecule has 2 N–H and O–H groups in total. The second-order valence-corrected chi connectivity index (χ2v) is 4.91. The molecule has 1 aliphatic heterocycles. The van der Waals surface area contributed by atoms with Crippen LogP contribution in [0.15, 0.2) is 36.7 Å². The van der Waals surface area contributed by atoms with Crippen molar-refractivity contribution in [2.45, 2.75) is 18.9 Å². The van der Waals surface area contributed by atoms with Crippen molar-refractivity contribution in [3.05, 3.63) is 36.7 Å². The summed E-state index contributed by atoms with van der Waals surface area (Å²) >= 11 is 0. The number of carbonyl (C=O) groups is 1. The highest BCUT2D eigenvalue weighted by Gasteiger charge is 2.16. The first-order valence-corrected chi connectivity index (χ1v) is 6.93. The van der Waals surface area contributed by atoms with Crippen molar-refractivity contribution in [1.82, 2.24) is 20.3 Å². The summed E-state index contributed by atoms with van der Waals surface area (Å²) in [6, 6.07) is 7.28. The zero-order valence-electron chi connectivity index (χ0n) is 11.5. The molecule has 0 radical (unpaired) electrons. The lowest BCUT2D eigenvalue weighted by Crippen LogP contribution is -2.42. The molecule has 0 saturated carbocycles. The first-order chi connectivity index (χ1) is 10.3. The van der Waals surface area contributed by atoms with E-state index in [9.17, 15) is 4.79 Å². The molecular weight excluding hydrogens is 270 g/mol. The van der Waals surface area contributed by atoms with Crippen molar-refractivity contribution in [1.29, 1.82) is 0 Å². The third-order valence-electron chi connectivity index (χ3n) is 3.29. The Kier molecular flexibility index (Phi) is 4.11. The van der Waals surface area contributed by atoms with Crippen LogP contribution in [-0.4, -0.2) is 40.3 Å². The van der Waals surface area contributed by atoms with E-state index in [1.54, 1.807) is 17.1 Å². The van der Waals surface area contributed by atoms with Crippen LogP contribution in [-0.2, 0) is 4.74 Å². The van der Waals surface area contributed by atoms with Gasteiger partial charge < -0.3 is 15.4 Å². The molecule has 7 heteroatoms. The van der Waals surface area contributed by atoms with Crippen molar-refractivity contribution in [2.24, 2.45) is 0 Å². The molecule has 1 atom stereocenters. The predicted molar refractivity (Wildman–Crippen MR) is 77.4 cm³/mol. The number of nitrogens with zero attached hydrogens (tertiary/aromatic N) is 3. The van der Waals surface area contributed by atoms with E-state index in [4.69, 9.17) is 4.74 Å². The largest absolute Gasteiger partial charge is 0.379 e. The number of anilines is 1. The molecule has 2 amide bonds. The maximum atomic E-state index is 12.0. The van der Waals surface area contributed by atoms with Crippen molar-refractivity contribution in [3.63, 3.8) is 0 Å². The van der Waals surface area contributed by atoms with Crippen molar-refractivity contribution in [2.75, 3.05) is 18.5 Å². The maximum absolute atomic E-state index is 12.0. The summed E-state index contributed by atoms with van der Waals surface area (Å²) in [7, 11) is 0. The minimum atomic E-state index is -0.221. The predicted octanol–water partition coefficient (Wildman–Crippen LogP) is 1.57. The van der Waals surface area contributed by atoms with Crippen LogP contribution in [0.25, 0.3) is 5.69 Å². The standard InChI is InChI=1S/C14H17N5O2/c20-14(17-12-4-2-8-21-10-12)16-11-3-1-5-13(9-11)19-7-6-15-18-19/h1,3,5-7,9,12H,2,4,8,10H2,(H2,16,17,20). The second kappa shape index (κ2) is 6.36. The average Bonchev–Trinajstić information content (AvgIpc) is 3.02. The number of hydrogen-bond acceptors (Lipinski definition) is 4. The van der Waals surface area contributed by atoms with Gasteiger partial charge in [-0.15, -0.1) is 5.10 Å². The number of ether oxygens (including phenoxy) is 1. The van der Waals surface area contributed by atoms with Gasteiger partial charge >= 0.3 is 6.03 Å². The topological polar surface area (TPSA) is 81.1 Å². The number of nitrogens with one attached hydrogen (secondary N) is 2. The maximum Gasteiger partial charge on any atom is 0.319 e. The van der Waals surface area contributed by atoms with Gasteiger partial charge in [0, 0.05) is 12.3 Å². The van der Waals surface area contributed by atoms with E-state index >= 15 is 0 Å². The fraction of sp³-hybridized carbons (Fsp3) is 0.357.